The standard InChI is InChI=1S/C15H20N2O3/c1-20-14-9-11-4-6-15(5-2-3-7-16-15)10-12(11)8-13(14)17(18)19/h8-9,16H,2-7,10H2,1H3. The van der Waals surface area contributed by atoms with Gasteiger partial charge in [0.15, 0.2) is 5.75 Å². The lowest BCUT2D eigenvalue weighted by molar-refractivity contribution is -0.385. The van der Waals surface area contributed by atoms with Crippen molar-refractivity contribution in [1.82, 2.24) is 5.32 Å². The Bertz CT molecular complexity index is 536. The first-order chi connectivity index (χ1) is 9.63. The van der Waals surface area contributed by atoms with Crippen LogP contribution in [0.2, 0.25) is 0 Å². The molecule has 0 bridgehead atoms. The molecule has 0 aromatic heterocycles. The topological polar surface area (TPSA) is 64.4 Å². The molecule has 1 atom stereocenters. The highest BCUT2D eigenvalue weighted by atomic mass is 16.6. The van der Waals surface area contributed by atoms with Crippen molar-refractivity contribution in [1.29, 1.82) is 0 Å². The zero-order valence-corrected chi connectivity index (χ0v) is 11.8. The summed E-state index contributed by atoms with van der Waals surface area (Å²) in [5.41, 5.74) is 2.55. The maximum absolute atomic E-state index is 11.1. The van der Waals surface area contributed by atoms with Gasteiger partial charge in [-0.25, -0.2) is 0 Å². The van der Waals surface area contributed by atoms with Crippen molar-refractivity contribution in [3.8, 4) is 5.75 Å². The van der Waals surface area contributed by atoms with E-state index < -0.39 is 0 Å². The lowest BCUT2D eigenvalue weighted by Gasteiger charge is -2.42. The van der Waals surface area contributed by atoms with Gasteiger partial charge >= 0.3 is 5.69 Å². The van der Waals surface area contributed by atoms with E-state index in [9.17, 15) is 10.1 Å². The molecule has 1 N–H and O–H groups in total. The predicted molar refractivity (Wildman–Crippen MR) is 76.3 cm³/mol. The molecular weight excluding hydrogens is 256 g/mol. The number of piperidine rings is 1. The SMILES string of the molecule is COc1cc2c(cc1[N+](=O)[O-])CC1(CCCCN1)CC2. The van der Waals surface area contributed by atoms with Crippen LogP contribution >= 0.6 is 0 Å². The average molecular weight is 276 g/mol. The number of nitro groups is 1. The number of rotatable bonds is 2. The Balaban J connectivity index is 1.96. The third-order valence-corrected chi connectivity index (χ3v) is 4.68. The summed E-state index contributed by atoms with van der Waals surface area (Å²) in [5, 5.41) is 14.8. The minimum Gasteiger partial charge on any atom is -0.490 e. The molecule has 1 aromatic carbocycles. The van der Waals surface area contributed by atoms with E-state index in [0.717, 1.165) is 31.4 Å². The maximum atomic E-state index is 11.1. The lowest BCUT2D eigenvalue weighted by Crippen LogP contribution is -2.52. The summed E-state index contributed by atoms with van der Waals surface area (Å²) in [5.74, 6) is 0.376. The van der Waals surface area contributed by atoms with E-state index in [0.29, 0.717) is 5.75 Å². The smallest absolute Gasteiger partial charge is 0.311 e. The van der Waals surface area contributed by atoms with Gasteiger partial charge in [-0.05, 0) is 55.8 Å². The Morgan fingerprint density at radius 2 is 2.15 bits per heavy atom. The van der Waals surface area contributed by atoms with Crippen molar-refractivity contribution in [2.75, 3.05) is 13.7 Å². The number of aryl methyl sites for hydroxylation is 1. The Labute approximate surface area is 118 Å². The molecule has 20 heavy (non-hydrogen) atoms. The molecule has 1 spiro atoms. The second-order valence-corrected chi connectivity index (χ2v) is 5.89. The van der Waals surface area contributed by atoms with E-state index in [1.807, 2.05) is 6.07 Å². The molecular formula is C15H20N2O3. The molecule has 1 fully saturated rings. The monoisotopic (exact) mass is 276 g/mol. The molecule has 2 aliphatic rings. The zero-order valence-electron chi connectivity index (χ0n) is 11.8. The van der Waals surface area contributed by atoms with Gasteiger partial charge < -0.3 is 10.1 Å². The summed E-state index contributed by atoms with van der Waals surface area (Å²) in [6.07, 6.45) is 6.63. The van der Waals surface area contributed by atoms with Crippen LogP contribution in [-0.4, -0.2) is 24.1 Å². The molecule has 0 saturated carbocycles. The summed E-state index contributed by atoms with van der Waals surface area (Å²) < 4.78 is 5.15. The van der Waals surface area contributed by atoms with Gasteiger partial charge in [0.25, 0.3) is 0 Å². The minimum absolute atomic E-state index is 0.0825. The number of benzene rings is 1. The Morgan fingerprint density at radius 1 is 1.30 bits per heavy atom. The highest BCUT2D eigenvalue weighted by molar-refractivity contribution is 5.53. The average Bonchev–Trinajstić information content (AvgIpc) is 2.46. The molecule has 1 aliphatic carbocycles. The van der Waals surface area contributed by atoms with Crippen LogP contribution in [0.15, 0.2) is 12.1 Å². The number of fused-ring (bicyclic) bond motifs is 1. The number of hydrogen-bond acceptors (Lipinski definition) is 4. The first-order valence-corrected chi connectivity index (χ1v) is 7.23. The van der Waals surface area contributed by atoms with E-state index in [1.165, 1.54) is 31.9 Å². The minimum atomic E-state index is -0.352. The van der Waals surface area contributed by atoms with Crippen LogP contribution < -0.4 is 10.1 Å². The second-order valence-electron chi connectivity index (χ2n) is 5.89. The Morgan fingerprint density at radius 3 is 2.80 bits per heavy atom. The summed E-state index contributed by atoms with van der Waals surface area (Å²) in [7, 11) is 1.49. The lowest BCUT2D eigenvalue weighted by atomic mass is 9.73. The number of nitrogens with one attached hydrogen (secondary N) is 1. The summed E-state index contributed by atoms with van der Waals surface area (Å²) in [6.45, 7) is 1.06. The Kier molecular flexibility index (Phi) is 3.38. The molecule has 108 valence electrons. The van der Waals surface area contributed by atoms with Gasteiger partial charge in [0.2, 0.25) is 0 Å². The van der Waals surface area contributed by atoms with E-state index in [1.54, 1.807) is 6.07 Å². The molecule has 1 unspecified atom stereocenters. The highest BCUT2D eigenvalue weighted by Crippen LogP contribution is 2.39. The Hall–Kier alpha value is -1.62. The highest BCUT2D eigenvalue weighted by Gasteiger charge is 2.36. The normalized spacial score (nSPS) is 25.2. The first-order valence-electron chi connectivity index (χ1n) is 7.23. The molecule has 5 heteroatoms. The second kappa shape index (κ2) is 5.05. The van der Waals surface area contributed by atoms with Crippen LogP contribution in [0.5, 0.6) is 5.75 Å². The third kappa shape index (κ3) is 2.26. The molecule has 0 radical (unpaired) electrons. The van der Waals surface area contributed by atoms with Gasteiger partial charge in [-0.1, -0.05) is 6.42 Å². The van der Waals surface area contributed by atoms with Crippen LogP contribution in [0.1, 0.15) is 36.8 Å². The van der Waals surface area contributed by atoms with Crippen LogP contribution in [0, 0.1) is 10.1 Å². The van der Waals surface area contributed by atoms with Crippen molar-refractivity contribution < 1.29 is 9.66 Å². The van der Waals surface area contributed by atoms with Crippen molar-refractivity contribution in [3.05, 3.63) is 33.4 Å². The summed E-state index contributed by atoms with van der Waals surface area (Å²) >= 11 is 0. The molecule has 0 amide bonds. The molecule has 1 aliphatic heterocycles. The zero-order chi connectivity index (χ0) is 14.2. The van der Waals surface area contributed by atoms with Crippen LogP contribution in [0.3, 0.4) is 0 Å². The molecule has 1 aromatic rings. The van der Waals surface area contributed by atoms with E-state index in [-0.39, 0.29) is 16.1 Å². The van der Waals surface area contributed by atoms with E-state index in [2.05, 4.69) is 5.32 Å². The van der Waals surface area contributed by atoms with Gasteiger partial charge in [0, 0.05) is 11.6 Å². The number of nitro benzene ring substituents is 1. The maximum Gasteiger partial charge on any atom is 0.311 e. The molecule has 1 saturated heterocycles. The van der Waals surface area contributed by atoms with Crippen LogP contribution in [0.25, 0.3) is 0 Å². The van der Waals surface area contributed by atoms with Crippen LogP contribution in [-0.2, 0) is 12.8 Å². The van der Waals surface area contributed by atoms with Gasteiger partial charge in [0.1, 0.15) is 0 Å². The molecule has 3 rings (SSSR count). The van der Waals surface area contributed by atoms with Crippen molar-refractivity contribution >= 4 is 5.69 Å². The van der Waals surface area contributed by atoms with Gasteiger partial charge in [-0.2, -0.15) is 0 Å². The largest absolute Gasteiger partial charge is 0.490 e. The fraction of sp³-hybridized carbons (Fsp3) is 0.600. The van der Waals surface area contributed by atoms with Gasteiger partial charge in [-0.3, -0.25) is 10.1 Å². The number of nitrogens with zero attached hydrogens (tertiary/aromatic N) is 1. The van der Waals surface area contributed by atoms with Gasteiger partial charge in [-0.15, -0.1) is 0 Å². The fourth-order valence-electron chi connectivity index (χ4n) is 3.58. The van der Waals surface area contributed by atoms with Crippen LogP contribution in [0.4, 0.5) is 5.69 Å². The summed E-state index contributed by atoms with van der Waals surface area (Å²) in [6, 6.07) is 3.56. The summed E-state index contributed by atoms with van der Waals surface area (Å²) in [4.78, 5) is 10.8. The molecule has 5 nitrogen and oxygen atoms in total. The third-order valence-electron chi connectivity index (χ3n) is 4.68. The van der Waals surface area contributed by atoms with Crippen molar-refractivity contribution in [2.45, 2.75) is 44.1 Å². The van der Waals surface area contributed by atoms with E-state index >= 15 is 0 Å². The number of ether oxygens (including phenoxy) is 1. The quantitative estimate of drug-likeness (QED) is 0.666. The van der Waals surface area contributed by atoms with Crippen molar-refractivity contribution in [2.24, 2.45) is 0 Å². The predicted octanol–water partition coefficient (Wildman–Crippen LogP) is 2.60. The van der Waals surface area contributed by atoms with Gasteiger partial charge in [0.05, 0.1) is 12.0 Å². The number of hydrogen-bond donors (Lipinski definition) is 1. The number of methoxy groups -OCH3 is 1. The fourth-order valence-corrected chi connectivity index (χ4v) is 3.58. The molecule has 1 heterocycles. The van der Waals surface area contributed by atoms with E-state index in [4.69, 9.17) is 4.74 Å². The van der Waals surface area contributed by atoms with Crippen molar-refractivity contribution in [3.63, 3.8) is 0 Å². The first kappa shape index (κ1) is 13.4.